The third-order valence-electron chi connectivity index (χ3n) is 1.64. The van der Waals surface area contributed by atoms with Crippen LogP contribution in [0.15, 0.2) is 25.3 Å². The monoisotopic (exact) mass is 182 g/mol. The van der Waals surface area contributed by atoms with E-state index >= 15 is 0 Å². The minimum absolute atomic E-state index is 0.118. The van der Waals surface area contributed by atoms with Crippen molar-refractivity contribution in [2.24, 2.45) is 5.41 Å². The van der Waals surface area contributed by atoms with E-state index in [1.54, 1.807) is 0 Å². The Hall–Kier alpha value is -1.38. The largest absolute Gasteiger partial charge is 0.461 e. The van der Waals surface area contributed by atoms with Gasteiger partial charge in [-0.25, -0.2) is 0 Å². The van der Waals surface area contributed by atoms with E-state index in [9.17, 15) is 9.59 Å². The maximum atomic E-state index is 11.3. The first-order chi connectivity index (χ1) is 5.96. The highest BCUT2D eigenvalue weighted by molar-refractivity contribution is 6.08. The molecule has 72 valence electrons. The third kappa shape index (κ3) is 2.86. The van der Waals surface area contributed by atoms with E-state index in [-0.39, 0.29) is 12.4 Å². The van der Waals surface area contributed by atoms with Crippen molar-refractivity contribution in [2.45, 2.75) is 13.8 Å². The van der Waals surface area contributed by atoms with E-state index in [0.717, 1.165) is 6.08 Å². The second-order valence-electron chi connectivity index (χ2n) is 3.08. The van der Waals surface area contributed by atoms with Crippen molar-refractivity contribution in [3.8, 4) is 0 Å². The van der Waals surface area contributed by atoms with Crippen LogP contribution < -0.4 is 0 Å². The van der Waals surface area contributed by atoms with Gasteiger partial charge in [-0.2, -0.15) is 0 Å². The Morgan fingerprint density at radius 1 is 1.38 bits per heavy atom. The summed E-state index contributed by atoms with van der Waals surface area (Å²) in [5.41, 5.74) is -1.15. The summed E-state index contributed by atoms with van der Waals surface area (Å²) < 4.78 is 4.75. The van der Waals surface area contributed by atoms with Crippen molar-refractivity contribution in [1.29, 1.82) is 0 Å². The SMILES string of the molecule is C=CCOC(=O)C(C)(C)C(=O)C=C. The fourth-order valence-electron chi connectivity index (χ4n) is 0.671. The third-order valence-corrected chi connectivity index (χ3v) is 1.64. The predicted octanol–water partition coefficient (Wildman–Crippen LogP) is 1.50. The molecule has 0 amide bonds. The molecule has 0 spiro atoms. The summed E-state index contributed by atoms with van der Waals surface area (Å²) in [6.07, 6.45) is 2.57. The Morgan fingerprint density at radius 2 is 1.92 bits per heavy atom. The fourth-order valence-corrected chi connectivity index (χ4v) is 0.671. The van der Waals surface area contributed by atoms with Crippen LogP contribution in [-0.2, 0) is 14.3 Å². The molecular weight excluding hydrogens is 168 g/mol. The van der Waals surface area contributed by atoms with E-state index in [4.69, 9.17) is 4.74 Å². The highest BCUT2D eigenvalue weighted by Gasteiger charge is 2.35. The summed E-state index contributed by atoms with van der Waals surface area (Å²) in [5, 5.41) is 0. The first-order valence-electron chi connectivity index (χ1n) is 3.91. The predicted molar refractivity (Wildman–Crippen MR) is 50.1 cm³/mol. The number of rotatable bonds is 5. The molecule has 0 fully saturated rings. The van der Waals surface area contributed by atoms with E-state index in [1.807, 2.05) is 0 Å². The standard InChI is InChI=1S/C10H14O3/c1-5-7-13-9(12)10(3,4)8(11)6-2/h5-6H,1-2,7H2,3-4H3. The highest BCUT2D eigenvalue weighted by atomic mass is 16.5. The molecule has 0 aromatic carbocycles. The van der Waals surface area contributed by atoms with Crippen LogP contribution in [0.1, 0.15) is 13.8 Å². The molecule has 0 heterocycles. The van der Waals surface area contributed by atoms with Crippen molar-refractivity contribution in [3.05, 3.63) is 25.3 Å². The Morgan fingerprint density at radius 3 is 2.31 bits per heavy atom. The minimum atomic E-state index is -1.15. The van der Waals surface area contributed by atoms with Gasteiger partial charge in [0, 0.05) is 0 Å². The number of carbonyl (C=O) groups excluding carboxylic acids is 2. The lowest BCUT2D eigenvalue weighted by Crippen LogP contribution is -2.33. The van der Waals surface area contributed by atoms with E-state index in [1.165, 1.54) is 19.9 Å². The maximum absolute atomic E-state index is 11.3. The second-order valence-corrected chi connectivity index (χ2v) is 3.08. The van der Waals surface area contributed by atoms with Crippen LogP contribution in [0.5, 0.6) is 0 Å². The topological polar surface area (TPSA) is 43.4 Å². The van der Waals surface area contributed by atoms with Gasteiger partial charge in [0.1, 0.15) is 12.0 Å². The van der Waals surface area contributed by atoms with E-state index in [2.05, 4.69) is 13.2 Å². The molecule has 13 heavy (non-hydrogen) atoms. The van der Waals surface area contributed by atoms with Crippen LogP contribution in [0, 0.1) is 5.41 Å². The van der Waals surface area contributed by atoms with Gasteiger partial charge in [0.25, 0.3) is 0 Å². The van der Waals surface area contributed by atoms with Crippen molar-refractivity contribution in [1.82, 2.24) is 0 Å². The molecule has 3 heteroatoms. The first-order valence-corrected chi connectivity index (χ1v) is 3.91. The van der Waals surface area contributed by atoms with Crippen molar-refractivity contribution >= 4 is 11.8 Å². The molecule has 0 radical (unpaired) electrons. The van der Waals surface area contributed by atoms with Crippen LogP contribution in [0.25, 0.3) is 0 Å². The van der Waals surface area contributed by atoms with Crippen molar-refractivity contribution in [2.75, 3.05) is 6.61 Å². The Bertz CT molecular complexity index is 239. The zero-order valence-corrected chi connectivity index (χ0v) is 8.00. The zero-order chi connectivity index (χ0) is 10.5. The normalized spacial score (nSPS) is 10.3. The lowest BCUT2D eigenvalue weighted by molar-refractivity contribution is -0.155. The summed E-state index contributed by atoms with van der Waals surface area (Å²) in [6.45, 7) is 9.83. The fraction of sp³-hybridized carbons (Fsp3) is 0.400. The van der Waals surface area contributed by atoms with Crippen molar-refractivity contribution < 1.29 is 14.3 Å². The number of esters is 1. The molecule has 0 N–H and O–H groups in total. The molecule has 0 rings (SSSR count). The summed E-state index contributed by atoms with van der Waals surface area (Å²) >= 11 is 0. The number of hydrogen-bond donors (Lipinski definition) is 0. The Balaban J connectivity index is 4.43. The molecule has 0 aromatic rings. The minimum Gasteiger partial charge on any atom is -0.461 e. The summed E-state index contributed by atoms with van der Waals surface area (Å²) in [7, 11) is 0. The number of hydrogen-bond acceptors (Lipinski definition) is 3. The van der Waals surface area contributed by atoms with Gasteiger partial charge >= 0.3 is 5.97 Å². The van der Waals surface area contributed by atoms with Crippen molar-refractivity contribution in [3.63, 3.8) is 0 Å². The van der Waals surface area contributed by atoms with Gasteiger partial charge in [-0.3, -0.25) is 9.59 Å². The number of ether oxygens (including phenoxy) is 1. The van der Waals surface area contributed by atoms with E-state index in [0.29, 0.717) is 0 Å². The quantitative estimate of drug-likeness (QED) is 0.280. The molecular formula is C10H14O3. The molecule has 0 saturated heterocycles. The molecule has 0 aliphatic carbocycles. The smallest absolute Gasteiger partial charge is 0.319 e. The van der Waals surface area contributed by atoms with Gasteiger partial charge in [-0.05, 0) is 19.9 Å². The molecule has 0 aliphatic rings. The van der Waals surface area contributed by atoms with Crippen LogP contribution >= 0.6 is 0 Å². The molecule has 0 saturated carbocycles. The average molecular weight is 182 g/mol. The van der Waals surface area contributed by atoms with Crippen LogP contribution in [0.4, 0.5) is 0 Å². The Labute approximate surface area is 78.1 Å². The lowest BCUT2D eigenvalue weighted by Gasteiger charge is -2.18. The average Bonchev–Trinajstić information content (AvgIpc) is 2.12. The van der Waals surface area contributed by atoms with Gasteiger partial charge in [-0.15, -0.1) is 0 Å². The number of ketones is 1. The van der Waals surface area contributed by atoms with Gasteiger partial charge in [-0.1, -0.05) is 19.2 Å². The molecule has 0 atom stereocenters. The lowest BCUT2D eigenvalue weighted by atomic mass is 9.88. The summed E-state index contributed by atoms with van der Waals surface area (Å²) in [6, 6.07) is 0. The Kier molecular flexibility index (Phi) is 4.11. The van der Waals surface area contributed by atoms with Crippen LogP contribution in [0.3, 0.4) is 0 Å². The zero-order valence-electron chi connectivity index (χ0n) is 8.00. The van der Waals surface area contributed by atoms with Crippen LogP contribution in [-0.4, -0.2) is 18.4 Å². The molecule has 0 aliphatic heterocycles. The molecule has 3 nitrogen and oxygen atoms in total. The van der Waals surface area contributed by atoms with Gasteiger partial charge in [0.2, 0.25) is 0 Å². The van der Waals surface area contributed by atoms with Crippen LogP contribution in [0.2, 0.25) is 0 Å². The molecule has 0 bridgehead atoms. The summed E-state index contributed by atoms with van der Waals surface area (Å²) in [5.74, 6) is -0.904. The maximum Gasteiger partial charge on any atom is 0.319 e. The van der Waals surface area contributed by atoms with E-state index < -0.39 is 11.4 Å². The van der Waals surface area contributed by atoms with Gasteiger partial charge in [0.05, 0.1) is 0 Å². The van der Waals surface area contributed by atoms with Gasteiger partial charge < -0.3 is 4.74 Å². The number of allylic oxidation sites excluding steroid dienone is 1. The number of carbonyl (C=O) groups is 2. The highest BCUT2D eigenvalue weighted by Crippen LogP contribution is 2.19. The second kappa shape index (κ2) is 4.60. The first kappa shape index (κ1) is 11.6. The molecule has 0 aromatic heterocycles. The van der Waals surface area contributed by atoms with Gasteiger partial charge in [0.15, 0.2) is 5.78 Å². The summed E-state index contributed by atoms with van der Waals surface area (Å²) in [4.78, 5) is 22.5. The molecule has 0 unspecified atom stereocenters.